The molecule has 1 saturated heterocycles. The predicted molar refractivity (Wildman–Crippen MR) is 101 cm³/mol. The Morgan fingerprint density at radius 3 is 2.81 bits per heavy atom. The summed E-state index contributed by atoms with van der Waals surface area (Å²) >= 11 is 0. The average Bonchev–Trinajstić information content (AvgIpc) is 3.35. The summed E-state index contributed by atoms with van der Waals surface area (Å²) in [6.45, 7) is 0.529. The van der Waals surface area contributed by atoms with E-state index in [-0.39, 0.29) is 11.8 Å². The molecule has 6 nitrogen and oxygen atoms in total. The highest BCUT2D eigenvalue weighted by Crippen LogP contribution is 2.35. The molecule has 4 aromatic rings. The van der Waals surface area contributed by atoms with E-state index in [9.17, 15) is 4.79 Å². The van der Waals surface area contributed by atoms with Gasteiger partial charge in [0.15, 0.2) is 0 Å². The minimum Gasteiger partial charge on any atom is -0.339 e. The molecule has 1 fully saturated rings. The van der Waals surface area contributed by atoms with Crippen LogP contribution in [0.15, 0.2) is 71.5 Å². The molecule has 0 bridgehead atoms. The fraction of sp³-hybridized carbons (Fsp3) is 0.143. The number of benzene rings is 2. The van der Waals surface area contributed by atoms with Gasteiger partial charge < -0.3 is 9.42 Å². The van der Waals surface area contributed by atoms with Crippen molar-refractivity contribution >= 4 is 22.4 Å². The van der Waals surface area contributed by atoms with Crippen molar-refractivity contribution in [1.29, 1.82) is 0 Å². The van der Waals surface area contributed by atoms with Gasteiger partial charge in [0, 0.05) is 36.3 Å². The van der Waals surface area contributed by atoms with E-state index < -0.39 is 0 Å². The minimum absolute atomic E-state index is 0.0671. The molecule has 0 spiro atoms. The molecule has 5 rings (SSSR count). The van der Waals surface area contributed by atoms with Crippen LogP contribution in [0.4, 0.5) is 5.69 Å². The number of carbonyl (C=O) groups excluding carboxylic acids is 1. The standard InChI is InChI=1S/C21H16N4O2/c26-19-11-16(21-23-20(24-27-21)15-7-4-10-22-12-15)13-25(19)18-9-3-6-14-5-1-2-8-17(14)18/h1-10,12,16H,11,13H2/t16-/m1/s1. The summed E-state index contributed by atoms with van der Waals surface area (Å²) in [6, 6.07) is 17.8. The van der Waals surface area contributed by atoms with Crippen LogP contribution >= 0.6 is 0 Å². The third-order valence-corrected chi connectivity index (χ3v) is 4.89. The number of amides is 1. The lowest BCUT2D eigenvalue weighted by atomic mass is 10.1. The van der Waals surface area contributed by atoms with Gasteiger partial charge in [0.05, 0.1) is 11.6 Å². The molecule has 1 aliphatic heterocycles. The number of nitrogens with zero attached hydrogens (tertiary/aromatic N) is 4. The molecule has 27 heavy (non-hydrogen) atoms. The van der Waals surface area contributed by atoms with Crippen LogP contribution in [0.25, 0.3) is 22.2 Å². The highest BCUT2D eigenvalue weighted by atomic mass is 16.5. The van der Waals surface area contributed by atoms with E-state index in [1.54, 1.807) is 12.4 Å². The van der Waals surface area contributed by atoms with Gasteiger partial charge in [0.25, 0.3) is 0 Å². The molecule has 0 N–H and O–H groups in total. The summed E-state index contributed by atoms with van der Waals surface area (Å²) in [7, 11) is 0. The Balaban J connectivity index is 1.45. The first-order chi connectivity index (χ1) is 13.3. The monoisotopic (exact) mass is 356 g/mol. The Labute approximate surface area is 155 Å². The summed E-state index contributed by atoms with van der Waals surface area (Å²) < 4.78 is 5.46. The van der Waals surface area contributed by atoms with Crippen LogP contribution in [0.3, 0.4) is 0 Å². The molecule has 0 saturated carbocycles. The van der Waals surface area contributed by atoms with Crippen molar-refractivity contribution in [2.75, 3.05) is 11.4 Å². The quantitative estimate of drug-likeness (QED) is 0.558. The number of rotatable bonds is 3. The normalized spacial score (nSPS) is 17.0. The Morgan fingerprint density at radius 2 is 1.93 bits per heavy atom. The lowest BCUT2D eigenvalue weighted by Crippen LogP contribution is -2.24. The second-order valence-corrected chi connectivity index (χ2v) is 6.60. The van der Waals surface area contributed by atoms with Gasteiger partial charge >= 0.3 is 0 Å². The first kappa shape index (κ1) is 15.7. The summed E-state index contributed by atoms with van der Waals surface area (Å²) in [4.78, 5) is 23.1. The van der Waals surface area contributed by atoms with Crippen LogP contribution in [0, 0.1) is 0 Å². The highest BCUT2D eigenvalue weighted by molar-refractivity contribution is 6.05. The second-order valence-electron chi connectivity index (χ2n) is 6.60. The van der Waals surface area contributed by atoms with Crippen molar-refractivity contribution < 1.29 is 9.32 Å². The Morgan fingerprint density at radius 1 is 1.04 bits per heavy atom. The molecule has 2 aromatic heterocycles. The van der Waals surface area contributed by atoms with E-state index in [1.165, 1.54) is 0 Å². The van der Waals surface area contributed by atoms with E-state index in [0.717, 1.165) is 22.0 Å². The topological polar surface area (TPSA) is 72.1 Å². The van der Waals surface area contributed by atoms with Gasteiger partial charge in [-0.05, 0) is 23.6 Å². The van der Waals surface area contributed by atoms with E-state index in [1.807, 2.05) is 47.4 Å². The molecule has 0 radical (unpaired) electrons. The van der Waals surface area contributed by atoms with E-state index in [0.29, 0.717) is 24.7 Å². The van der Waals surface area contributed by atoms with Crippen molar-refractivity contribution in [3.63, 3.8) is 0 Å². The first-order valence-electron chi connectivity index (χ1n) is 8.82. The van der Waals surface area contributed by atoms with Crippen molar-refractivity contribution in [2.45, 2.75) is 12.3 Å². The summed E-state index contributed by atoms with van der Waals surface area (Å²) in [6.07, 6.45) is 3.75. The molecular weight excluding hydrogens is 340 g/mol. The third kappa shape index (κ3) is 2.75. The van der Waals surface area contributed by atoms with E-state index >= 15 is 0 Å². The van der Waals surface area contributed by atoms with Crippen molar-refractivity contribution in [2.24, 2.45) is 0 Å². The van der Waals surface area contributed by atoms with Gasteiger partial charge in [-0.2, -0.15) is 4.98 Å². The fourth-order valence-corrected chi connectivity index (χ4v) is 3.56. The fourth-order valence-electron chi connectivity index (χ4n) is 3.56. The number of aromatic nitrogens is 3. The first-order valence-corrected chi connectivity index (χ1v) is 8.82. The van der Waals surface area contributed by atoms with Gasteiger partial charge in [-0.25, -0.2) is 0 Å². The largest absolute Gasteiger partial charge is 0.339 e. The zero-order valence-corrected chi connectivity index (χ0v) is 14.4. The molecule has 0 unspecified atom stereocenters. The van der Waals surface area contributed by atoms with Crippen molar-refractivity contribution in [3.05, 3.63) is 72.9 Å². The summed E-state index contributed by atoms with van der Waals surface area (Å²) in [5.74, 6) is 0.936. The lowest BCUT2D eigenvalue weighted by Gasteiger charge is -2.18. The molecule has 3 heterocycles. The van der Waals surface area contributed by atoms with Crippen LogP contribution in [-0.2, 0) is 4.79 Å². The number of fused-ring (bicyclic) bond motifs is 1. The average molecular weight is 356 g/mol. The van der Waals surface area contributed by atoms with Crippen LogP contribution in [0.5, 0.6) is 0 Å². The van der Waals surface area contributed by atoms with Gasteiger partial charge in [-0.1, -0.05) is 41.6 Å². The molecule has 1 aliphatic rings. The molecule has 1 atom stereocenters. The SMILES string of the molecule is O=C1C[C@@H](c2nc(-c3cccnc3)no2)CN1c1cccc2ccccc12. The van der Waals surface area contributed by atoms with Crippen molar-refractivity contribution in [3.8, 4) is 11.4 Å². The molecular formula is C21H16N4O2. The number of hydrogen-bond donors (Lipinski definition) is 0. The van der Waals surface area contributed by atoms with Gasteiger partial charge in [0.1, 0.15) is 0 Å². The van der Waals surface area contributed by atoms with Gasteiger partial charge in [-0.3, -0.25) is 9.78 Å². The minimum atomic E-state index is -0.116. The smallest absolute Gasteiger partial charge is 0.232 e. The summed E-state index contributed by atoms with van der Waals surface area (Å²) in [5.41, 5.74) is 1.72. The van der Waals surface area contributed by atoms with Crippen LogP contribution in [0.2, 0.25) is 0 Å². The van der Waals surface area contributed by atoms with Gasteiger partial charge in [-0.15, -0.1) is 0 Å². The van der Waals surface area contributed by atoms with Crippen LogP contribution < -0.4 is 4.90 Å². The van der Waals surface area contributed by atoms with E-state index in [2.05, 4.69) is 27.3 Å². The molecule has 0 aliphatic carbocycles. The highest BCUT2D eigenvalue weighted by Gasteiger charge is 2.35. The van der Waals surface area contributed by atoms with E-state index in [4.69, 9.17) is 4.52 Å². The maximum absolute atomic E-state index is 12.7. The number of carbonyl (C=O) groups is 1. The second kappa shape index (κ2) is 6.32. The number of pyridine rings is 1. The third-order valence-electron chi connectivity index (χ3n) is 4.89. The van der Waals surface area contributed by atoms with Gasteiger partial charge in [0.2, 0.25) is 17.6 Å². The predicted octanol–water partition coefficient (Wildman–Crippen LogP) is 3.81. The molecule has 6 heteroatoms. The number of hydrogen-bond acceptors (Lipinski definition) is 5. The summed E-state index contributed by atoms with van der Waals surface area (Å²) in [5, 5.41) is 6.23. The molecule has 2 aromatic carbocycles. The molecule has 132 valence electrons. The van der Waals surface area contributed by atoms with Crippen LogP contribution in [-0.4, -0.2) is 27.6 Å². The lowest BCUT2D eigenvalue weighted by molar-refractivity contribution is -0.117. The Kier molecular flexibility index (Phi) is 3.67. The zero-order chi connectivity index (χ0) is 18.2. The zero-order valence-electron chi connectivity index (χ0n) is 14.4. The maximum atomic E-state index is 12.7. The maximum Gasteiger partial charge on any atom is 0.232 e. The Bertz CT molecular complexity index is 1120. The Hall–Kier alpha value is -3.54. The number of anilines is 1. The van der Waals surface area contributed by atoms with Crippen LogP contribution in [0.1, 0.15) is 18.2 Å². The molecule has 1 amide bonds. The van der Waals surface area contributed by atoms with Crippen molar-refractivity contribution in [1.82, 2.24) is 15.1 Å².